The van der Waals surface area contributed by atoms with Crippen molar-refractivity contribution < 1.29 is 9.21 Å². The number of nitrogens with zero attached hydrogens (tertiary/aromatic N) is 2. The van der Waals surface area contributed by atoms with Crippen LogP contribution in [0.3, 0.4) is 0 Å². The fourth-order valence-electron chi connectivity index (χ4n) is 2.20. The lowest BCUT2D eigenvalue weighted by Crippen LogP contribution is -2.13. The summed E-state index contributed by atoms with van der Waals surface area (Å²) >= 11 is 0.900. The van der Waals surface area contributed by atoms with Gasteiger partial charge in [-0.2, -0.15) is 5.26 Å². The van der Waals surface area contributed by atoms with Gasteiger partial charge in [-0.15, -0.1) is 0 Å². The summed E-state index contributed by atoms with van der Waals surface area (Å²) in [5.74, 6) is 0.418. The van der Waals surface area contributed by atoms with Gasteiger partial charge < -0.3 is 9.73 Å². The van der Waals surface area contributed by atoms with Gasteiger partial charge in [0.2, 0.25) is 11.8 Å². The van der Waals surface area contributed by atoms with E-state index in [1.165, 1.54) is 0 Å². The number of nitrogens with one attached hydrogen (secondary N) is 1. The van der Waals surface area contributed by atoms with Crippen LogP contribution in [0, 0.1) is 17.6 Å². The highest BCUT2D eigenvalue weighted by Gasteiger charge is 2.10. The van der Waals surface area contributed by atoms with Crippen LogP contribution in [0.25, 0.3) is 22.6 Å². The third-order valence-corrected chi connectivity index (χ3v) is 3.74. The predicted molar refractivity (Wildman–Crippen MR) is 90.9 cm³/mol. The van der Waals surface area contributed by atoms with Crippen LogP contribution in [0.2, 0.25) is 0 Å². The molecule has 23 heavy (non-hydrogen) atoms. The van der Waals surface area contributed by atoms with Gasteiger partial charge in [0.1, 0.15) is 10.9 Å². The molecular formula is C17H13N3O2S. The lowest BCUT2D eigenvalue weighted by molar-refractivity contribution is -0.113. The lowest BCUT2D eigenvalue weighted by atomic mass is 10.1. The molecule has 6 heteroatoms. The Morgan fingerprint density at radius 2 is 2.22 bits per heavy atom. The summed E-state index contributed by atoms with van der Waals surface area (Å²) in [5, 5.41) is 13.1. The standard InChI is InChI=1S/C17H13N3O2S/c1-11-3-2-4-12(7-11)17-20-14-6-5-13(8-15(14)22-17)19-16(21)9-23-10-18/h2-8H,9H2,1H3,(H,19,21). The number of anilines is 1. The Morgan fingerprint density at radius 3 is 3.00 bits per heavy atom. The van der Waals surface area contributed by atoms with Gasteiger partial charge in [0.05, 0.1) is 5.75 Å². The van der Waals surface area contributed by atoms with Crippen LogP contribution in [-0.2, 0) is 4.79 Å². The van der Waals surface area contributed by atoms with Gasteiger partial charge in [0.15, 0.2) is 5.58 Å². The van der Waals surface area contributed by atoms with E-state index < -0.39 is 0 Å². The van der Waals surface area contributed by atoms with Gasteiger partial charge in [-0.05, 0) is 43.0 Å². The first-order valence-corrected chi connectivity index (χ1v) is 7.92. The number of aryl methyl sites for hydroxylation is 1. The van der Waals surface area contributed by atoms with Gasteiger partial charge in [-0.1, -0.05) is 17.7 Å². The van der Waals surface area contributed by atoms with Crippen molar-refractivity contribution in [3.8, 4) is 16.9 Å². The smallest absolute Gasteiger partial charge is 0.235 e. The highest BCUT2D eigenvalue weighted by atomic mass is 32.2. The number of amides is 1. The Labute approximate surface area is 137 Å². The number of oxazole rings is 1. The summed E-state index contributed by atoms with van der Waals surface area (Å²) < 4.78 is 5.79. The van der Waals surface area contributed by atoms with E-state index >= 15 is 0 Å². The van der Waals surface area contributed by atoms with Crippen molar-refractivity contribution in [1.82, 2.24) is 4.98 Å². The van der Waals surface area contributed by atoms with Gasteiger partial charge in [0, 0.05) is 17.3 Å². The quantitative estimate of drug-likeness (QED) is 0.735. The molecule has 114 valence electrons. The third-order valence-electron chi connectivity index (χ3n) is 3.21. The van der Waals surface area contributed by atoms with E-state index in [-0.39, 0.29) is 11.7 Å². The Bertz CT molecular complexity index is 912. The van der Waals surface area contributed by atoms with Crippen molar-refractivity contribution in [2.45, 2.75) is 6.92 Å². The first-order chi connectivity index (χ1) is 11.2. The minimum atomic E-state index is -0.227. The molecule has 1 N–H and O–H groups in total. The highest BCUT2D eigenvalue weighted by Crippen LogP contribution is 2.26. The predicted octanol–water partition coefficient (Wildman–Crippen LogP) is 3.96. The summed E-state index contributed by atoms with van der Waals surface area (Å²) in [7, 11) is 0. The molecule has 0 aliphatic rings. The largest absolute Gasteiger partial charge is 0.436 e. The van der Waals surface area contributed by atoms with Gasteiger partial charge in [-0.25, -0.2) is 4.98 Å². The molecular weight excluding hydrogens is 310 g/mol. The first kappa shape index (κ1) is 15.1. The first-order valence-electron chi connectivity index (χ1n) is 6.94. The molecule has 0 saturated carbocycles. The van der Waals surface area contributed by atoms with E-state index in [1.807, 2.05) is 36.6 Å². The molecule has 0 aliphatic carbocycles. The van der Waals surface area contributed by atoms with Gasteiger partial charge in [-0.3, -0.25) is 4.79 Å². The van der Waals surface area contributed by atoms with Crippen LogP contribution >= 0.6 is 11.8 Å². The fraction of sp³-hybridized carbons (Fsp3) is 0.118. The van der Waals surface area contributed by atoms with Crippen LogP contribution in [0.15, 0.2) is 46.9 Å². The summed E-state index contributed by atoms with van der Waals surface area (Å²) in [5.41, 5.74) is 4.00. The van der Waals surface area contributed by atoms with E-state index in [1.54, 1.807) is 18.2 Å². The van der Waals surface area contributed by atoms with Crippen LogP contribution in [0.4, 0.5) is 5.69 Å². The molecule has 3 aromatic rings. The molecule has 0 bridgehead atoms. The molecule has 0 aliphatic heterocycles. The van der Waals surface area contributed by atoms with E-state index in [2.05, 4.69) is 10.3 Å². The zero-order chi connectivity index (χ0) is 16.2. The Kier molecular flexibility index (Phi) is 4.31. The SMILES string of the molecule is Cc1cccc(-c2nc3ccc(NC(=O)CSC#N)cc3o2)c1. The van der Waals surface area contributed by atoms with E-state index in [0.717, 1.165) is 28.4 Å². The van der Waals surface area contributed by atoms with Crippen molar-refractivity contribution in [2.24, 2.45) is 0 Å². The van der Waals surface area contributed by atoms with E-state index in [4.69, 9.17) is 9.68 Å². The number of thiocyanates is 1. The number of fused-ring (bicyclic) bond motifs is 1. The van der Waals surface area contributed by atoms with Crippen LogP contribution < -0.4 is 5.32 Å². The molecule has 0 saturated heterocycles. The molecule has 0 radical (unpaired) electrons. The zero-order valence-electron chi connectivity index (χ0n) is 12.4. The van der Waals surface area contributed by atoms with Crippen molar-refractivity contribution in [3.63, 3.8) is 0 Å². The number of rotatable bonds is 4. The summed E-state index contributed by atoms with van der Waals surface area (Å²) in [4.78, 5) is 16.1. The number of hydrogen-bond acceptors (Lipinski definition) is 5. The highest BCUT2D eigenvalue weighted by molar-refractivity contribution is 8.04. The topological polar surface area (TPSA) is 78.9 Å². The van der Waals surface area contributed by atoms with Crippen molar-refractivity contribution in [1.29, 1.82) is 5.26 Å². The average Bonchev–Trinajstić information content (AvgIpc) is 2.96. The minimum Gasteiger partial charge on any atom is -0.436 e. The van der Waals surface area contributed by atoms with Crippen LogP contribution in [0.5, 0.6) is 0 Å². The molecule has 0 atom stereocenters. The molecule has 0 fully saturated rings. The Hall–Kier alpha value is -2.78. The monoisotopic (exact) mass is 323 g/mol. The second kappa shape index (κ2) is 6.55. The maximum atomic E-state index is 11.6. The van der Waals surface area contributed by atoms with Gasteiger partial charge >= 0.3 is 0 Å². The van der Waals surface area contributed by atoms with Crippen molar-refractivity contribution >= 4 is 34.5 Å². The molecule has 1 amide bonds. The van der Waals surface area contributed by atoms with Crippen molar-refractivity contribution in [3.05, 3.63) is 48.0 Å². The number of nitriles is 1. The summed E-state index contributed by atoms with van der Waals surface area (Å²) in [6.07, 6.45) is 0. The number of benzene rings is 2. The number of carbonyl (C=O) groups excluding carboxylic acids is 1. The molecule has 0 unspecified atom stereocenters. The van der Waals surface area contributed by atoms with Gasteiger partial charge in [0.25, 0.3) is 0 Å². The second-order valence-corrected chi connectivity index (χ2v) is 5.76. The lowest BCUT2D eigenvalue weighted by Gasteiger charge is -2.02. The van der Waals surface area contributed by atoms with Crippen molar-refractivity contribution in [2.75, 3.05) is 11.1 Å². The maximum Gasteiger partial charge on any atom is 0.235 e. The van der Waals surface area contributed by atoms with E-state index in [9.17, 15) is 4.79 Å². The molecule has 1 aromatic heterocycles. The fourth-order valence-corrected chi connectivity index (χ4v) is 2.47. The number of thioether (sulfide) groups is 1. The summed E-state index contributed by atoms with van der Waals surface area (Å²) in [6, 6.07) is 13.2. The molecule has 1 heterocycles. The Balaban J connectivity index is 1.86. The molecule has 2 aromatic carbocycles. The normalized spacial score (nSPS) is 10.4. The van der Waals surface area contributed by atoms with Crippen LogP contribution in [-0.4, -0.2) is 16.6 Å². The second-order valence-electron chi connectivity index (χ2n) is 5.00. The van der Waals surface area contributed by atoms with E-state index in [0.29, 0.717) is 17.2 Å². The summed E-state index contributed by atoms with van der Waals surface area (Å²) in [6.45, 7) is 2.01. The van der Waals surface area contributed by atoms with Crippen LogP contribution in [0.1, 0.15) is 5.56 Å². The number of aromatic nitrogens is 1. The maximum absolute atomic E-state index is 11.6. The average molecular weight is 323 g/mol. The molecule has 0 spiro atoms. The minimum absolute atomic E-state index is 0.0967. The Morgan fingerprint density at radius 1 is 1.35 bits per heavy atom. The zero-order valence-corrected chi connectivity index (χ0v) is 13.2. The third kappa shape index (κ3) is 3.52. The molecule has 3 rings (SSSR count). The number of hydrogen-bond donors (Lipinski definition) is 1. The number of carbonyl (C=O) groups is 1. The molecule has 5 nitrogen and oxygen atoms in total.